The van der Waals surface area contributed by atoms with E-state index in [-0.39, 0.29) is 60.1 Å². The van der Waals surface area contributed by atoms with Gasteiger partial charge in [0.2, 0.25) is 18.2 Å². The van der Waals surface area contributed by atoms with E-state index in [1.165, 1.54) is 7.11 Å². The summed E-state index contributed by atoms with van der Waals surface area (Å²) in [5.74, 6) is 1.48. The number of aromatic amines is 2. The Labute approximate surface area is 381 Å². The van der Waals surface area contributed by atoms with E-state index in [0.29, 0.717) is 56.0 Å². The highest BCUT2D eigenvalue weighted by Gasteiger charge is 2.47. The van der Waals surface area contributed by atoms with Gasteiger partial charge in [-0.3, -0.25) is 14.4 Å². The van der Waals surface area contributed by atoms with Crippen LogP contribution in [0.2, 0.25) is 0 Å². The fourth-order valence-corrected chi connectivity index (χ4v) is 9.65. The molecular formula is C49H66N8O8. The largest absolute Gasteiger partial charge is 0.496 e. The lowest BCUT2D eigenvalue weighted by molar-refractivity contribution is -0.149. The molecule has 7 unspecified atom stereocenters. The molecule has 4 amide bonds. The Kier molecular flexibility index (Phi) is 16.2. The zero-order chi connectivity index (χ0) is 46.9. The van der Waals surface area contributed by atoms with Gasteiger partial charge in [-0.1, -0.05) is 62.0 Å². The van der Waals surface area contributed by atoms with E-state index < -0.39 is 18.2 Å². The van der Waals surface area contributed by atoms with Gasteiger partial charge in [-0.15, -0.1) is 0 Å². The average Bonchev–Trinajstić information content (AvgIpc) is 3.98. The molecule has 16 nitrogen and oxygen atoms in total. The minimum absolute atomic E-state index is 0.0109. The normalized spacial score (nSPS) is 24.2. The Morgan fingerprint density at radius 1 is 0.877 bits per heavy atom. The van der Waals surface area contributed by atoms with E-state index >= 15 is 0 Å². The number of carbonyl (C=O) groups is 4. The molecule has 4 aromatic rings. The predicted molar refractivity (Wildman–Crippen MR) is 247 cm³/mol. The van der Waals surface area contributed by atoms with Crippen molar-refractivity contribution >= 4 is 24.3 Å². The fraction of sp³-hybridized carbons (Fsp3) is 0.510. The number of aromatic nitrogens is 4. The molecule has 3 aliphatic heterocycles. The van der Waals surface area contributed by atoms with Crippen molar-refractivity contribution in [1.29, 1.82) is 0 Å². The molecular weight excluding hydrogens is 829 g/mol. The van der Waals surface area contributed by atoms with Crippen LogP contribution in [0.3, 0.4) is 0 Å². The summed E-state index contributed by atoms with van der Waals surface area (Å²) in [6.07, 6.45) is 7.44. The highest BCUT2D eigenvalue weighted by molar-refractivity contribution is 5.87. The third-order valence-electron chi connectivity index (χ3n) is 13.0. The molecule has 0 spiro atoms. The van der Waals surface area contributed by atoms with Gasteiger partial charge in [0.25, 0.3) is 0 Å². The maximum absolute atomic E-state index is 14.1. The lowest BCUT2D eigenvalue weighted by atomic mass is 9.84. The molecule has 0 saturated carbocycles. The fourth-order valence-electron chi connectivity index (χ4n) is 9.65. The number of benzene rings is 2. The smallest absolute Gasteiger partial charge is 0.407 e. The van der Waals surface area contributed by atoms with Crippen LogP contribution in [0.4, 0.5) is 4.79 Å². The summed E-state index contributed by atoms with van der Waals surface area (Å²) in [5, 5.41) is 12.6. The Morgan fingerprint density at radius 3 is 2.00 bits per heavy atom. The summed E-state index contributed by atoms with van der Waals surface area (Å²) in [6.45, 7) is 16.3. The first-order valence-corrected chi connectivity index (χ1v) is 22.7. The third-order valence-corrected chi connectivity index (χ3v) is 13.0. The van der Waals surface area contributed by atoms with Crippen LogP contribution in [0, 0.1) is 11.8 Å². The van der Waals surface area contributed by atoms with Crippen LogP contribution in [0.1, 0.15) is 97.8 Å². The summed E-state index contributed by atoms with van der Waals surface area (Å²) in [7, 11) is 2.29. The van der Waals surface area contributed by atoms with Gasteiger partial charge in [0, 0.05) is 25.6 Å². The maximum Gasteiger partial charge on any atom is 0.407 e. The van der Waals surface area contributed by atoms with Crippen LogP contribution in [0.15, 0.2) is 73.3 Å². The molecule has 2 aromatic carbocycles. The molecule has 350 valence electrons. The summed E-state index contributed by atoms with van der Waals surface area (Å²) in [4.78, 5) is 72.2. The predicted octanol–water partition coefficient (Wildman–Crippen LogP) is 6.90. The molecule has 0 radical (unpaired) electrons. The van der Waals surface area contributed by atoms with Gasteiger partial charge in [0.1, 0.15) is 23.7 Å². The molecule has 0 aliphatic carbocycles. The number of rotatable bonds is 15. The molecule has 9 atom stereocenters. The number of methoxy groups -OCH3 is 1. The van der Waals surface area contributed by atoms with E-state index in [4.69, 9.17) is 24.3 Å². The van der Waals surface area contributed by atoms with Crippen molar-refractivity contribution < 1.29 is 38.5 Å². The van der Waals surface area contributed by atoms with E-state index in [1.54, 1.807) is 12.4 Å². The molecule has 7 rings (SSSR count). The third kappa shape index (κ3) is 11.3. The number of alkyl carbamates (subject to hydrolysis) is 1. The van der Waals surface area contributed by atoms with Gasteiger partial charge in [0.05, 0.1) is 67.5 Å². The lowest BCUT2D eigenvalue weighted by Gasteiger charge is -2.48. The number of carbonyl (C=O) groups excluding carboxylic acids is 4. The van der Waals surface area contributed by atoms with E-state index in [0.717, 1.165) is 53.6 Å². The number of hydrogen-bond acceptors (Lipinski definition) is 10. The van der Waals surface area contributed by atoms with Crippen molar-refractivity contribution in [3.63, 3.8) is 0 Å². The number of hydrogen-bond donors (Lipinski definition) is 5. The van der Waals surface area contributed by atoms with E-state index in [2.05, 4.69) is 56.4 Å². The number of likely N-dealkylation sites (tertiary alicyclic amines) is 1. The van der Waals surface area contributed by atoms with Gasteiger partial charge in [-0.05, 0) is 101 Å². The van der Waals surface area contributed by atoms with Crippen molar-refractivity contribution in [3.8, 4) is 33.6 Å². The standard InChI is InChI=1S/C48H62N8O7.CH4O/c1-9-27(2)55(46(58)43(51-26-57)37-19-29(4)62-30(5)20-37)25-42-49-23-39(52-42)35-14-10-33(11-15-35)34-12-16-36(17-13-34)40-24-50-45(53-40)41-18-28(3)56(41)47(59)44(54-48(60)61-8)38-21-31(6)63-32(7)22-38;1-2/h10-17,23-24,26-30,32,37-38,41,43-44H,6,9,18-22,25H2,1-5,7-8H3,(H,49,52)(H,50,53)(H,51,57)(H,54,60);2H,1H3/t27-,28-,29?,30?,32?,37?,38?,41?,43?,44?;/m0./s1. The Morgan fingerprint density at radius 2 is 1.45 bits per heavy atom. The molecule has 2 aromatic heterocycles. The van der Waals surface area contributed by atoms with Crippen LogP contribution in [0.25, 0.3) is 33.6 Å². The number of aliphatic hydroxyl groups is 1. The summed E-state index contributed by atoms with van der Waals surface area (Å²) < 4.78 is 16.6. The molecule has 5 heterocycles. The number of aliphatic hydroxyl groups excluding tert-OH is 1. The second-order valence-corrected chi connectivity index (χ2v) is 17.7. The van der Waals surface area contributed by atoms with Crippen LogP contribution >= 0.6 is 0 Å². The maximum atomic E-state index is 14.1. The molecule has 65 heavy (non-hydrogen) atoms. The highest BCUT2D eigenvalue weighted by atomic mass is 16.5. The van der Waals surface area contributed by atoms with Crippen molar-refractivity contribution in [3.05, 3.63) is 84.9 Å². The molecule has 0 bridgehead atoms. The van der Waals surface area contributed by atoms with E-state index in [9.17, 15) is 19.2 Å². The number of ether oxygens (including phenoxy) is 3. The van der Waals surface area contributed by atoms with Crippen LogP contribution in [0.5, 0.6) is 0 Å². The van der Waals surface area contributed by atoms with Crippen molar-refractivity contribution in [1.82, 2.24) is 40.4 Å². The summed E-state index contributed by atoms with van der Waals surface area (Å²) in [5.41, 5.74) is 5.69. The molecule has 5 N–H and O–H groups in total. The number of amides is 4. The first-order valence-electron chi connectivity index (χ1n) is 22.7. The summed E-state index contributed by atoms with van der Waals surface area (Å²) >= 11 is 0. The van der Waals surface area contributed by atoms with Crippen LogP contribution in [-0.4, -0.2) is 116 Å². The van der Waals surface area contributed by atoms with Crippen molar-refractivity contribution in [2.45, 2.75) is 135 Å². The van der Waals surface area contributed by atoms with E-state index in [1.807, 2.05) is 75.6 Å². The summed E-state index contributed by atoms with van der Waals surface area (Å²) in [6, 6.07) is 14.7. The molecule has 3 aliphatic rings. The minimum Gasteiger partial charge on any atom is -0.496 e. The van der Waals surface area contributed by atoms with Gasteiger partial charge in [0.15, 0.2) is 0 Å². The van der Waals surface area contributed by atoms with Crippen molar-refractivity contribution in [2.24, 2.45) is 11.8 Å². The topological polar surface area (TPSA) is 204 Å². The number of allylic oxidation sites excluding steroid dienone is 1. The average molecular weight is 895 g/mol. The van der Waals surface area contributed by atoms with Crippen LogP contribution < -0.4 is 10.6 Å². The minimum atomic E-state index is -0.788. The number of imidazole rings is 2. The number of nitrogens with one attached hydrogen (secondary N) is 4. The zero-order valence-electron chi connectivity index (χ0n) is 38.9. The first kappa shape index (κ1) is 48.5. The van der Waals surface area contributed by atoms with Crippen molar-refractivity contribution in [2.75, 3.05) is 14.2 Å². The highest BCUT2D eigenvalue weighted by Crippen LogP contribution is 2.41. The Hall–Kier alpha value is -6.00. The first-order chi connectivity index (χ1) is 31.3. The SMILES string of the molecule is C=C1CC(C(NC(=O)OC)C(=O)N2C(c3ncc(-c4ccc(-c5ccc(-c6cnc(CN(C(=O)C(NC=O)C7CC(C)OC(C)C7)[C@@H](C)CC)[nH]6)cc5)cc4)[nH]3)C[C@@H]2C)CC(C)O1.CO. The number of nitrogens with zero attached hydrogens (tertiary/aromatic N) is 4. The monoisotopic (exact) mass is 895 g/mol. The quantitative estimate of drug-likeness (QED) is 0.0781. The molecule has 3 saturated heterocycles. The Balaban J connectivity index is 0.00000345. The molecule has 3 fully saturated rings. The Bertz CT molecular complexity index is 2230. The van der Waals surface area contributed by atoms with Crippen LogP contribution in [-0.2, 0) is 35.1 Å². The van der Waals surface area contributed by atoms with Gasteiger partial charge in [-0.2, -0.15) is 0 Å². The lowest BCUT2D eigenvalue weighted by Crippen LogP contribution is -2.60. The molecule has 16 heteroatoms. The van der Waals surface area contributed by atoms with Gasteiger partial charge in [-0.25, -0.2) is 14.8 Å². The second-order valence-electron chi connectivity index (χ2n) is 17.7. The second kappa shape index (κ2) is 21.8. The number of H-pyrrole nitrogens is 2. The zero-order valence-corrected chi connectivity index (χ0v) is 38.9. The van der Waals surface area contributed by atoms with Gasteiger partial charge >= 0.3 is 6.09 Å². The van der Waals surface area contributed by atoms with Gasteiger partial charge < -0.3 is 49.7 Å².